The Labute approximate surface area is 315 Å². The fourth-order valence-corrected chi connectivity index (χ4v) is 6.47. The first kappa shape index (κ1) is 49.8. The van der Waals surface area contributed by atoms with Gasteiger partial charge in [-0.05, 0) is 51.0 Å². The zero-order valence-corrected chi connectivity index (χ0v) is 35.0. The van der Waals surface area contributed by atoms with Crippen LogP contribution < -0.4 is 4.89 Å². The average Bonchev–Trinajstić information content (AvgIpc) is 3.08. The van der Waals surface area contributed by atoms with E-state index in [0.717, 1.165) is 32.1 Å². The molecule has 0 rings (SSSR count). The number of phosphoric acid groups is 1. The van der Waals surface area contributed by atoms with Crippen molar-refractivity contribution in [3.63, 3.8) is 0 Å². The monoisotopic (exact) mass is 744 g/mol. The van der Waals surface area contributed by atoms with E-state index in [1.54, 1.807) is 6.26 Å². The zero-order chi connectivity index (χ0) is 37.7. The Balaban J connectivity index is 4.33. The van der Waals surface area contributed by atoms with E-state index >= 15 is 0 Å². The largest absolute Gasteiger partial charge is 0.756 e. The van der Waals surface area contributed by atoms with Crippen LogP contribution in [0.3, 0.4) is 0 Å². The molecule has 0 heterocycles. The van der Waals surface area contributed by atoms with Crippen molar-refractivity contribution in [2.75, 3.05) is 47.5 Å². The lowest BCUT2D eigenvalue weighted by atomic mass is 10.0. The van der Waals surface area contributed by atoms with E-state index in [-0.39, 0.29) is 32.2 Å². The minimum atomic E-state index is -4.54. The number of quaternary nitrogens is 1. The van der Waals surface area contributed by atoms with Crippen LogP contribution in [0.2, 0.25) is 0 Å². The Kier molecular flexibility index (Phi) is 35.0. The standard InChI is InChI=1S/C42H82NO7P/c1-6-8-10-12-14-16-18-20-22-23-25-27-29-31-33-35-42(44)50-41(40-49-51(45,46)48-38-36-43(3,4)5)39-47-37-34-32-30-28-26-24-21-19-17-15-13-11-9-7-2/h25,27,34,37,41H,6-24,26,28-33,35-36,38-40H2,1-5H3/b27-25+,37-34+/t41-/m1/s1. The van der Waals surface area contributed by atoms with Crippen molar-refractivity contribution in [1.82, 2.24) is 0 Å². The van der Waals surface area contributed by atoms with Crippen LogP contribution in [0.5, 0.6) is 0 Å². The first-order valence-corrected chi connectivity index (χ1v) is 22.6. The molecular formula is C42H82NO7P. The number of allylic oxidation sites excluding steroid dienone is 3. The van der Waals surface area contributed by atoms with Crippen molar-refractivity contribution in [3.8, 4) is 0 Å². The summed E-state index contributed by atoms with van der Waals surface area (Å²) in [5.41, 5.74) is 0. The van der Waals surface area contributed by atoms with Gasteiger partial charge in [0.15, 0.2) is 6.10 Å². The van der Waals surface area contributed by atoms with Crippen LogP contribution in [0.4, 0.5) is 0 Å². The minimum Gasteiger partial charge on any atom is -0.756 e. The molecule has 0 spiro atoms. The fraction of sp³-hybridized carbons (Fsp3) is 0.881. The van der Waals surface area contributed by atoms with Crippen molar-refractivity contribution >= 4 is 13.8 Å². The van der Waals surface area contributed by atoms with Gasteiger partial charge in [0.1, 0.15) is 19.8 Å². The van der Waals surface area contributed by atoms with Gasteiger partial charge in [-0.15, -0.1) is 0 Å². The Hall–Kier alpha value is -1.18. The normalized spacial score (nSPS) is 14.0. The second-order valence-corrected chi connectivity index (χ2v) is 16.8. The summed E-state index contributed by atoms with van der Waals surface area (Å²) in [6.07, 6.45) is 40.0. The molecule has 0 fully saturated rings. The number of unbranched alkanes of at least 4 members (excludes halogenated alkanes) is 23. The summed E-state index contributed by atoms with van der Waals surface area (Å²) in [6.45, 7) is 4.72. The highest BCUT2D eigenvalue weighted by molar-refractivity contribution is 7.45. The molecule has 1 unspecified atom stereocenters. The summed E-state index contributed by atoms with van der Waals surface area (Å²) in [5.74, 6) is -0.377. The lowest BCUT2D eigenvalue weighted by Gasteiger charge is -2.28. The summed E-state index contributed by atoms with van der Waals surface area (Å²) >= 11 is 0. The molecule has 9 heteroatoms. The minimum absolute atomic E-state index is 0.0146. The van der Waals surface area contributed by atoms with Gasteiger partial charge < -0.3 is 27.9 Å². The summed E-state index contributed by atoms with van der Waals surface area (Å²) in [6, 6.07) is 0. The third kappa shape index (κ3) is 39.9. The predicted octanol–water partition coefficient (Wildman–Crippen LogP) is 11.8. The van der Waals surface area contributed by atoms with Crippen molar-refractivity contribution in [1.29, 1.82) is 0 Å². The molecule has 0 N–H and O–H groups in total. The molecule has 0 amide bonds. The third-order valence-electron chi connectivity index (χ3n) is 9.07. The van der Waals surface area contributed by atoms with Gasteiger partial charge in [-0.1, -0.05) is 148 Å². The van der Waals surface area contributed by atoms with Crippen molar-refractivity contribution in [2.24, 2.45) is 0 Å². The molecule has 0 bridgehead atoms. The number of ether oxygens (including phenoxy) is 2. The second kappa shape index (κ2) is 35.8. The van der Waals surface area contributed by atoms with E-state index in [0.29, 0.717) is 17.4 Å². The maximum atomic E-state index is 12.6. The second-order valence-electron chi connectivity index (χ2n) is 15.4. The summed E-state index contributed by atoms with van der Waals surface area (Å²) in [5, 5.41) is 0. The number of carbonyl (C=O) groups is 1. The number of carbonyl (C=O) groups excluding carboxylic acids is 1. The molecule has 0 aliphatic rings. The molecule has 0 saturated heterocycles. The third-order valence-corrected chi connectivity index (χ3v) is 10.0. The summed E-state index contributed by atoms with van der Waals surface area (Å²) in [4.78, 5) is 24.9. The van der Waals surface area contributed by atoms with Gasteiger partial charge in [0.2, 0.25) is 0 Å². The average molecular weight is 744 g/mol. The maximum absolute atomic E-state index is 12.6. The molecular weight excluding hydrogens is 661 g/mol. The summed E-state index contributed by atoms with van der Waals surface area (Å²) < 4.78 is 34.2. The maximum Gasteiger partial charge on any atom is 0.306 e. The van der Waals surface area contributed by atoms with E-state index < -0.39 is 13.9 Å². The molecule has 302 valence electrons. The molecule has 2 atom stereocenters. The lowest BCUT2D eigenvalue weighted by molar-refractivity contribution is -0.870. The van der Waals surface area contributed by atoms with Crippen LogP contribution in [0, 0.1) is 0 Å². The molecule has 0 saturated carbocycles. The van der Waals surface area contributed by atoms with Crippen LogP contribution in [-0.2, 0) is 27.9 Å². The molecule has 8 nitrogen and oxygen atoms in total. The highest BCUT2D eigenvalue weighted by Crippen LogP contribution is 2.38. The van der Waals surface area contributed by atoms with E-state index in [9.17, 15) is 14.3 Å². The number of nitrogens with zero attached hydrogens (tertiary/aromatic N) is 1. The zero-order valence-electron chi connectivity index (χ0n) is 34.1. The first-order valence-electron chi connectivity index (χ1n) is 21.1. The number of phosphoric ester groups is 1. The molecule has 0 radical (unpaired) electrons. The Bertz CT molecular complexity index is 874. The molecule has 0 aromatic carbocycles. The quantitative estimate of drug-likeness (QED) is 0.0154. The molecule has 0 aliphatic heterocycles. The van der Waals surface area contributed by atoms with Gasteiger partial charge >= 0.3 is 5.97 Å². The van der Waals surface area contributed by atoms with Crippen molar-refractivity contribution < 1.29 is 37.3 Å². The van der Waals surface area contributed by atoms with E-state index in [4.69, 9.17) is 18.5 Å². The van der Waals surface area contributed by atoms with Gasteiger partial charge in [-0.3, -0.25) is 9.36 Å². The Morgan fingerprint density at radius 1 is 0.608 bits per heavy atom. The van der Waals surface area contributed by atoms with Crippen LogP contribution in [0.25, 0.3) is 0 Å². The lowest BCUT2D eigenvalue weighted by Crippen LogP contribution is -2.37. The molecule has 51 heavy (non-hydrogen) atoms. The van der Waals surface area contributed by atoms with Crippen LogP contribution in [0.1, 0.15) is 187 Å². The van der Waals surface area contributed by atoms with E-state index in [2.05, 4.69) is 26.0 Å². The van der Waals surface area contributed by atoms with Crippen LogP contribution in [0.15, 0.2) is 24.5 Å². The number of likely N-dealkylation sites (N-methyl/N-ethyl adjacent to an activating group) is 1. The predicted molar refractivity (Wildman–Crippen MR) is 213 cm³/mol. The van der Waals surface area contributed by atoms with Crippen molar-refractivity contribution in [3.05, 3.63) is 24.5 Å². The van der Waals surface area contributed by atoms with E-state index in [1.807, 2.05) is 27.2 Å². The van der Waals surface area contributed by atoms with Crippen LogP contribution >= 0.6 is 7.82 Å². The smallest absolute Gasteiger partial charge is 0.306 e. The number of esters is 1. The highest BCUT2D eigenvalue weighted by atomic mass is 31.2. The van der Waals surface area contributed by atoms with Gasteiger partial charge in [-0.25, -0.2) is 0 Å². The Morgan fingerprint density at radius 2 is 1.04 bits per heavy atom. The fourth-order valence-electron chi connectivity index (χ4n) is 5.74. The number of hydrogen-bond donors (Lipinski definition) is 0. The number of rotatable bonds is 39. The molecule has 0 aliphatic carbocycles. The highest BCUT2D eigenvalue weighted by Gasteiger charge is 2.20. The SMILES string of the molecule is CCCCCCCCCCC/C=C/CCCCC(=O)O[C@H](CO/C=C/CCCCCCCCCCCCCC)COP(=O)([O-])OCC[N+](C)(C)C. The Morgan fingerprint density at radius 3 is 1.51 bits per heavy atom. The van der Waals surface area contributed by atoms with Crippen molar-refractivity contribution in [2.45, 2.75) is 193 Å². The molecule has 0 aromatic heterocycles. The van der Waals surface area contributed by atoms with Gasteiger partial charge in [0.05, 0.1) is 34.0 Å². The van der Waals surface area contributed by atoms with Gasteiger partial charge in [0, 0.05) is 6.42 Å². The first-order chi connectivity index (χ1) is 24.6. The van der Waals surface area contributed by atoms with E-state index in [1.165, 1.54) is 128 Å². The topological polar surface area (TPSA) is 94.1 Å². The molecule has 0 aromatic rings. The van der Waals surface area contributed by atoms with Crippen LogP contribution in [-0.4, -0.2) is 64.1 Å². The van der Waals surface area contributed by atoms with Gasteiger partial charge in [-0.2, -0.15) is 0 Å². The summed E-state index contributed by atoms with van der Waals surface area (Å²) in [7, 11) is 1.32. The van der Waals surface area contributed by atoms with Gasteiger partial charge in [0.25, 0.3) is 7.82 Å². The number of hydrogen-bond acceptors (Lipinski definition) is 7.